The molecule has 8 heteroatoms. The van der Waals surface area contributed by atoms with Gasteiger partial charge in [-0.1, -0.05) is 0 Å². The van der Waals surface area contributed by atoms with Crippen molar-refractivity contribution in [3.8, 4) is 0 Å². The molecule has 0 saturated carbocycles. The van der Waals surface area contributed by atoms with E-state index in [0.29, 0.717) is 5.56 Å². The molecule has 0 bridgehead atoms. The fourth-order valence-electron chi connectivity index (χ4n) is 0.958. The number of aromatic nitrogens is 2. The number of halogens is 3. The van der Waals surface area contributed by atoms with Gasteiger partial charge in [-0.2, -0.15) is 13.2 Å². The minimum atomic E-state index is -4.28. The summed E-state index contributed by atoms with van der Waals surface area (Å²) in [5, 5.41) is 2.16. The van der Waals surface area contributed by atoms with Crippen molar-refractivity contribution in [1.82, 2.24) is 9.97 Å². The first kappa shape index (κ1) is 11.5. The summed E-state index contributed by atoms with van der Waals surface area (Å²) in [6.07, 6.45) is -3.16. The van der Waals surface area contributed by atoms with Crippen molar-refractivity contribution in [2.45, 2.75) is 13.1 Å². The first-order chi connectivity index (χ1) is 6.94. The van der Waals surface area contributed by atoms with Gasteiger partial charge < -0.3 is 10.7 Å². The summed E-state index contributed by atoms with van der Waals surface area (Å²) in [5.74, 6) is 5.50. The van der Waals surface area contributed by atoms with E-state index in [1.54, 1.807) is 6.92 Å². The number of rotatable bonds is 3. The molecule has 15 heavy (non-hydrogen) atoms. The van der Waals surface area contributed by atoms with Crippen LogP contribution in [-0.2, 0) is 0 Å². The van der Waals surface area contributed by atoms with Crippen molar-refractivity contribution >= 4 is 11.6 Å². The molecule has 0 amide bonds. The molecule has 1 heterocycles. The molecule has 0 spiro atoms. The highest BCUT2D eigenvalue weighted by molar-refractivity contribution is 5.55. The Morgan fingerprint density at radius 3 is 2.47 bits per heavy atom. The van der Waals surface area contributed by atoms with Crippen molar-refractivity contribution in [2.75, 3.05) is 17.3 Å². The quantitative estimate of drug-likeness (QED) is 0.525. The van der Waals surface area contributed by atoms with Gasteiger partial charge in [0.15, 0.2) is 0 Å². The number of hydrazine groups is 1. The number of nitrogen functional groups attached to an aromatic ring is 1. The van der Waals surface area contributed by atoms with Crippen molar-refractivity contribution in [1.29, 1.82) is 0 Å². The van der Waals surface area contributed by atoms with E-state index in [4.69, 9.17) is 5.84 Å². The Balaban J connectivity index is 2.78. The predicted octanol–water partition coefficient (Wildman–Crippen LogP) is 1.04. The Morgan fingerprint density at radius 2 is 1.93 bits per heavy atom. The highest BCUT2D eigenvalue weighted by Crippen LogP contribution is 2.20. The van der Waals surface area contributed by atoms with Crippen molar-refractivity contribution in [3.05, 3.63) is 11.9 Å². The van der Waals surface area contributed by atoms with E-state index in [-0.39, 0.29) is 11.6 Å². The molecule has 0 radical (unpaired) electrons. The van der Waals surface area contributed by atoms with E-state index in [0.717, 1.165) is 6.33 Å². The summed E-state index contributed by atoms with van der Waals surface area (Å²) in [5.41, 5.74) is 2.69. The molecular weight excluding hydrogens is 211 g/mol. The number of hydrogen-bond acceptors (Lipinski definition) is 5. The van der Waals surface area contributed by atoms with Crippen LogP contribution in [0.5, 0.6) is 0 Å². The molecule has 0 aliphatic carbocycles. The van der Waals surface area contributed by atoms with Gasteiger partial charge in [-0.15, -0.1) is 0 Å². The molecular formula is C7H10F3N5. The number of nitrogens with one attached hydrogen (secondary N) is 2. The standard InChI is InChI=1S/C7H10F3N5/c1-4-5(12-2-7(8,9)10)13-3-14-6(4)15-11/h3H,2,11H2,1H3,(H2,12,13,14,15). The molecule has 5 nitrogen and oxygen atoms in total. The highest BCUT2D eigenvalue weighted by atomic mass is 19.4. The SMILES string of the molecule is Cc1c(NN)ncnc1NCC(F)(F)F. The molecule has 1 rings (SSSR count). The molecule has 84 valence electrons. The number of hydrogen-bond donors (Lipinski definition) is 3. The van der Waals surface area contributed by atoms with E-state index in [1.165, 1.54) is 0 Å². The number of nitrogens with two attached hydrogens (primary N) is 1. The van der Waals surface area contributed by atoms with Gasteiger partial charge in [0.2, 0.25) is 0 Å². The summed E-state index contributed by atoms with van der Waals surface area (Å²) in [6, 6.07) is 0. The molecule has 0 saturated heterocycles. The zero-order chi connectivity index (χ0) is 11.5. The van der Waals surface area contributed by atoms with Crippen LogP contribution in [0.2, 0.25) is 0 Å². The lowest BCUT2D eigenvalue weighted by Crippen LogP contribution is -2.22. The second-order valence-corrected chi connectivity index (χ2v) is 2.81. The molecule has 0 atom stereocenters. The topological polar surface area (TPSA) is 75.9 Å². The number of nitrogens with zero attached hydrogens (tertiary/aromatic N) is 2. The van der Waals surface area contributed by atoms with Crippen LogP contribution in [0.4, 0.5) is 24.8 Å². The van der Waals surface area contributed by atoms with E-state index < -0.39 is 12.7 Å². The molecule has 0 aromatic carbocycles. The van der Waals surface area contributed by atoms with E-state index in [9.17, 15) is 13.2 Å². The second-order valence-electron chi connectivity index (χ2n) is 2.81. The summed E-state index contributed by atoms with van der Waals surface area (Å²) in [4.78, 5) is 7.41. The maximum Gasteiger partial charge on any atom is 0.405 e. The van der Waals surface area contributed by atoms with Gasteiger partial charge >= 0.3 is 6.18 Å². The zero-order valence-corrected chi connectivity index (χ0v) is 7.89. The number of anilines is 2. The van der Waals surface area contributed by atoms with Crippen LogP contribution in [0.25, 0.3) is 0 Å². The maximum absolute atomic E-state index is 11.9. The van der Waals surface area contributed by atoms with Gasteiger partial charge in [0, 0.05) is 5.56 Å². The van der Waals surface area contributed by atoms with Gasteiger partial charge in [-0.05, 0) is 6.92 Å². The molecule has 1 aromatic rings. The molecule has 0 fully saturated rings. The third-order valence-electron chi connectivity index (χ3n) is 1.68. The Morgan fingerprint density at radius 1 is 1.33 bits per heavy atom. The normalized spacial score (nSPS) is 11.3. The Labute approximate surface area is 83.9 Å². The van der Waals surface area contributed by atoms with Crippen LogP contribution < -0.4 is 16.6 Å². The molecule has 0 unspecified atom stereocenters. The maximum atomic E-state index is 11.9. The highest BCUT2D eigenvalue weighted by Gasteiger charge is 2.27. The van der Waals surface area contributed by atoms with Crippen LogP contribution >= 0.6 is 0 Å². The summed E-state index contributed by atoms with van der Waals surface area (Å²) < 4.78 is 35.7. The smallest absolute Gasteiger partial charge is 0.361 e. The minimum Gasteiger partial charge on any atom is -0.361 e. The monoisotopic (exact) mass is 221 g/mol. The Hall–Kier alpha value is -1.57. The average Bonchev–Trinajstić information content (AvgIpc) is 2.15. The van der Waals surface area contributed by atoms with Gasteiger partial charge in [0.25, 0.3) is 0 Å². The van der Waals surface area contributed by atoms with Gasteiger partial charge in [0.05, 0.1) is 0 Å². The molecule has 0 aliphatic rings. The molecule has 1 aromatic heterocycles. The van der Waals surface area contributed by atoms with Crippen LogP contribution in [-0.4, -0.2) is 22.7 Å². The summed E-state index contributed by atoms with van der Waals surface area (Å²) in [7, 11) is 0. The zero-order valence-electron chi connectivity index (χ0n) is 7.89. The van der Waals surface area contributed by atoms with Gasteiger partial charge in [-0.25, -0.2) is 15.8 Å². The third-order valence-corrected chi connectivity index (χ3v) is 1.68. The van der Waals surface area contributed by atoms with Crippen molar-refractivity contribution < 1.29 is 13.2 Å². The molecule has 0 aliphatic heterocycles. The van der Waals surface area contributed by atoms with Crippen LogP contribution in [0.15, 0.2) is 6.33 Å². The lowest BCUT2D eigenvalue weighted by molar-refractivity contribution is -0.115. The first-order valence-corrected chi connectivity index (χ1v) is 4.03. The van der Waals surface area contributed by atoms with Crippen molar-refractivity contribution in [2.24, 2.45) is 5.84 Å². The van der Waals surface area contributed by atoms with Crippen molar-refractivity contribution in [3.63, 3.8) is 0 Å². The van der Waals surface area contributed by atoms with E-state index >= 15 is 0 Å². The Kier molecular flexibility index (Phi) is 3.30. The van der Waals surface area contributed by atoms with E-state index in [2.05, 4.69) is 20.7 Å². The van der Waals surface area contributed by atoms with Crippen LogP contribution in [0.3, 0.4) is 0 Å². The predicted molar refractivity (Wildman–Crippen MR) is 49.1 cm³/mol. The van der Waals surface area contributed by atoms with Crippen LogP contribution in [0, 0.1) is 6.92 Å². The largest absolute Gasteiger partial charge is 0.405 e. The first-order valence-electron chi connectivity index (χ1n) is 4.03. The van der Waals surface area contributed by atoms with Gasteiger partial charge in [-0.3, -0.25) is 0 Å². The molecule has 4 N–H and O–H groups in total. The third kappa shape index (κ3) is 3.24. The fourth-order valence-corrected chi connectivity index (χ4v) is 0.958. The summed E-state index contributed by atoms with van der Waals surface area (Å²) in [6.45, 7) is 0.419. The van der Waals surface area contributed by atoms with Crippen LogP contribution in [0.1, 0.15) is 5.56 Å². The van der Waals surface area contributed by atoms with E-state index in [1.807, 2.05) is 0 Å². The lowest BCUT2D eigenvalue weighted by Gasteiger charge is -2.12. The second kappa shape index (κ2) is 4.30. The van der Waals surface area contributed by atoms with Gasteiger partial charge in [0.1, 0.15) is 24.5 Å². The average molecular weight is 221 g/mol. The lowest BCUT2D eigenvalue weighted by atomic mass is 10.3. The Bertz CT molecular complexity index is 338. The number of alkyl halides is 3. The fraction of sp³-hybridized carbons (Fsp3) is 0.429. The summed E-state index contributed by atoms with van der Waals surface area (Å²) >= 11 is 0. The minimum absolute atomic E-state index is 0.107.